The molecule has 0 radical (unpaired) electrons. The smallest absolute Gasteiger partial charge is 0.323 e. The molecule has 0 bridgehead atoms. The van der Waals surface area contributed by atoms with E-state index in [0.717, 1.165) is 28.1 Å². The van der Waals surface area contributed by atoms with E-state index in [2.05, 4.69) is 47.7 Å². The third-order valence-corrected chi connectivity index (χ3v) is 4.58. The fourth-order valence-electron chi connectivity index (χ4n) is 3.14. The van der Waals surface area contributed by atoms with Gasteiger partial charge >= 0.3 is 6.03 Å². The molecule has 0 spiro atoms. The Hall–Kier alpha value is -3.86. The van der Waals surface area contributed by atoms with Crippen molar-refractivity contribution < 1.29 is 9.21 Å². The predicted octanol–water partition coefficient (Wildman–Crippen LogP) is 6.27. The van der Waals surface area contributed by atoms with Crippen molar-refractivity contribution >= 4 is 17.4 Å². The SMILES string of the molecule is Cc1ccc(-c2coc(-c3ccc(NC(=O)Nc4ccccc4)cc3)n2)c(C)c1. The highest BCUT2D eigenvalue weighted by molar-refractivity contribution is 5.99. The number of urea groups is 1. The molecule has 1 aromatic heterocycles. The molecule has 144 valence electrons. The maximum absolute atomic E-state index is 12.1. The number of para-hydroxylation sites is 1. The maximum Gasteiger partial charge on any atom is 0.323 e. The number of nitrogens with zero attached hydrogens (tertiary/aromatic N) is 1. The molecule has 0 unspecified atom stereocenters. The standard InChI is InChI=1S/C24H21N3O2/c1-16-8-13-21(17(2)14-16)22-15-29-23(27-22)18-9-11-20(12-10-18)26-24(28)25-19-6-4-3-5-7-19/h3-15H,1-2H3,(H2,25,26,28). The Kier molecular flexibility index (Phi) is 5.12. The number of hydrogen-bond acceptors (Lipinski definition) is 3. The van der Waals surface area contributed by atoms with E-state index in [1.54, 1.807) is 6.26 Å². The molecular weight excluding hydrogens is 362 g/mol. The summed E-state index contributed by atoms with van der Waals surface area (Å²) in [5, 5.41) is 5.60. The van der Waals surface area contributed by atoms with E-state index in [-0.39, 0.29) is 6.03 Å². The summed E-state index contributed by atoms with van der Waals surface area (Å²) in [5.74, 6) is 0.542. The Bertz CT molecular complexity index is 1130. The molecule has 1 heterocycles. The molecule has 0 saturated heterocycles. The Morgan fingerprint density at radius 3 is 2.24 bits per heavy atom. The van der Waals surface area contributed by atoms with Crippen molar-refractivity contribution in [1.82, 2.24) is 4.98 Å². The van der Waals surface area contributed by atoms with Gasteiger partial charge in [-0.15, -0.1) is 0 Å². The lowest BCUT2D eigenvalue weighted by molar-refractivity contribution is 0.262. The lowest BCUT2D eigenvalue weighted by Gasteiger charge is -2.07. The molecule has 4 rings (SSSR count). The van der Waals surface area contributed by atoms with Crippen LogP contribution < -0.4 is 10.6 Å². The summed E-state index contributed by atoms with van der Waals surface area (Å²) < 4.78 is 5.68. The minimum Gasteiger partial charge on any atom is -0.444 e. The first-order chi connectivity index (χ1) is 14.1. The highest BCUT2D eigenvalue weighted by Crippen LogP contribution is 2.28. The molecule has 3 aromatic carbocycles. The average molecular weight is 383 g/mol. The van der Waals surface area contributed by atoms with Crippen LogP contribution in [-0.4, -0.2) is 11.0 Å². The molecule has 2 N–H and O–H groups in total. The number of rotatable bonds is 4. The van der Waals surface area contributed by atoms with Crippen molar-refractivity contribution in [2.45, 2.75) is 13.8 Å². The van der Waals surface area contributed by atoms with E-state index in [1.807, 2.05) is 54.6 Å². The molecular formula is C24H21N3O2. The summed E-state index contributed by atoms with van der Waals surface area (Å²) in [4.78, 5) is 16.7. The summed E-state index contributed by atoms with van der Waals surface area (Å²) in [6, 6.07) is 22.6. The third kappa shape index (κ3) is 4.35. The molecule has 0 saturated carbocycles. The van der Waals surface area contributed by atoms with Crippen LogP contribution in [0, 0.1) is 13.8 Å². The second kappa shape index (κ2) is 8.02. The zero-order chi connectivity index (χ0) is 20.2. The van der Waals surface area contributed by atoms with Crippen LogP contribution in [0.5, 0.6) is 0 Å². The highest BCUT2D eigenvalue weighted by atomic mass is 16.3. The van der Waals surface area contributed by atoms with Crippen molar-refractivity contribution in [2.75, 3.05) is 10.6 Å². The zero-order valence-electron chi connectivity index (χ0n) is 16.3. The van der Waals surface area contributed by atoms with Gasteiger partial charge in [-0.1, -0.05) is 42.0 Å². The van der Waals surface area contributed by atoms with E-state index in [9.17, 15) is 4.79 Å². The van der Waals surface area contributed by atoms with Crippen LogP contribution in [0.3, 0.4) is 0 Å². The van der Waals surface area contributed by atoms with Gasteiger partial charge in [0.1, 0.15) is 12.0 Å². The lowest BCUT2D eigenvalue weighted by Crippen LogP contribution is -2.19. The second-order valence-corrected chi connectivity index (χ2v) is 6.88. The number of amides is 2. The van der Waals surface area contributed by atoms with Crippen LogP contribution >= 0.6 is 0 Å². The second-order valence-electron chi connectivity index (χ2n) is 6.88. The van der Waals surface area contributed by atoms with Crippen molar-refractivity contribution in [3.63, 3.8) is 0 Å². The van der Waals surface area contributed by atoms with Crippen LogP contribution in [0.25, 0.3) is 22.7 Å². The summed E-state index contributed by atoms with van der Waals surface area (Å²) in [6.07, 6.45) is 1.67. The van der Waals surface area contributed by atoms with Gasteiger partial charge in [0.15, 0.2) is 0 Å². The number of benzene rings is 3. The molecule has 4 aromatic rings. The molecule has 29 heavy (non-hydrogen) atoms. The van der Waals surface area contributed by atoms with Crippen molar-refractivity contribution in [1.29, 1.82) is 0 Å². The van der Waals surface area contributed by atoms with Gasteiger partial charge in [-0.25, -0.2) is 9.78 Å². The Balaban J connectivity index is 1.45. The van der Waals surface area contributed by atoms with Crippen LogP contribution in [-0.2, 0) is 0 Å². The molecule has 2 amide bonds. The summed E-state index contributed by atoms with van der Waals surface area (Å²) in [5.41, 5.74) is 6.50. The monoisotopic (exact) mass is 383 g/mol. The van der Waals surface area contributed by atoms with Gasteiger partial charge in [-0.2, -0.15) is 0 Å². The number of oxazole rings is 1. The maximum atomic E-state index is 12.1. The summed E-state index contributed by atoms with van der Waals surface area (Å²) in [7, 11) is 0. The van der Waals surface area contributed by atoms with Gasteiger partial charge in [0.25, 0.3) is 0 Å². The van der Waals surface area contributed by atoms with E-state index in [1.165, 1.54) is 5.56 Å². The summed E-state index contributed by atoms with van der Waals surface area (Å²) >= 11 is 0. The number of aryl methyl sites for hydroxylation is 2. The lowest BCUT2D eigenvalue weighted by atomic mass is 10.0. The average Bonchev–Trinajstić information content (AvgIpc) is 3.19. The molecule has 0 aliphatic rings. The highest BCUT2D eigenvalue weighted by Gasteiger charge is 2.11. The largest absolute Gasteiger partial charge is 0.444 e. The predicted molar refractivity (Wildman–Crippen MR) is 116 cm³/mol. The Labute approximate surface area is 169 Å². The molecule has 0 atom stereocenters. The number of carbonyl (C=O) groups excluding carboxylic acids is 1. The number of nitrogens with one attached hydrogen (secondary N) is 2. The fourth-order valence-corrected chi connectivity index (χ4v) is 3.14. The van der Waals surface area contributed by atoms with E-state index < -0.39 is 0 Å². The molecule has 0 aliphatic carbocycles. The van der Waals surface area contributed by atoms with Crippen molar-refractivity contribution in [3.05, 3.63) is 90.2 Å². The zero-order valence-corrected chi connectivity index (χ0v) is 16.3. The molecule has 5 heteroatoms. The first-order valence-electron chi connectivity index (χ1n) is 9.35. The van der Waals surface area contributed by atoms with Gasteiger partial charge in [-0.05, 0) is 55.8 Å². The number of carbonyl (C=O) groups is 1. The van der Waals surface area contributed by atoms with Crippen molar-refractivity contribution in [3.8, 4) is 22.7 Å². The van der Waals surface area contributed by atoms with Gasteiger partial charge in [0.05, 0.1) is 0 Å². The molecule has 5 nitrogen and oxygen atoms in total. The fraction of sp³-hybridized carbons (Fsp3) is 0.0833. The van der Waals surface area contributed by atoms with Crippen molar-refractivity contribution in [2.24, 2.45) is 0 Å². The van der Waals surface area contributed by atoms with Gasteiger partial charge < -0.3 is 15.1 Å². The van der Waals surface area contributed by atoms with E-state index >= 15 is 0 Å². The first kappa shape index (κ1) is 18.5. The molecule has 0 aliphatic heterocycles. The number of hydrogen-bond donors (Lipinski definition) is 2. The number of aromatic nitrogens is 1. The Morgan fingerprint density at radius 1 is 0.862 bits per heavy atom. The summed E-state index contributed by atoms with van der Waals surface area (Å²) in [6.45, 7) is 4.14. The quantitative estimate of drug-likeness (QED) is 0.436. The molecule has 0 fully saturated rings. The van der Waals surface area contributed by atoms with Crippen LogP contribution in [0.2, 0.25) is 0 Å². The normalized spacial score (nSPS) is 10.6. The van der Waals surface area contributed by atoms with Gasteiger partial charge in [0, 0.05) is 22.5 Å². The minimum atomic E-state index is -0.294. The van der Waals surface area contributed by atoms with Gasteiger partial charge in [0.2, 0.25) is 5.89 Å². The minimum absolute atomic E-state index is 0.294. The van der Waals surface area contributed by atoms with Crippen LogP contribution in [0.4, 0.5) is 16.2 Å². The third-order valence-electron chi connectivity index (χ3n) is 4.58. The number of anilines is 2. The first-order valence-corrected chi connectivity index (χ1v) is 9.35. The van der Waals surface area contributed by atoms with Gasteiger partial charge in [-0.3, -0.25) is 0 Å². The van der Waals surface area contributed by atoms with E-state index in [4.69, 9.17) is 4.42 Å². The van der Waals surface area contributed by atoms with Crippen LogP contribution in [0.1, 0.15) is 11.1 Å². The topological polar surface area (TPSA) is 67.2 Å². The van der Waals surface area contributed by atoms with E-state index in [0.29, 0.717) is 11.6 Å². The van der Waals surface area contributed by atoms with Crippen LogP contribution in [0.15, 0.2) is 83.5 Å². The Morgan fingerprint density at radius 2 is 1.55 bits per heavy atom.